The number of benzene rings is 3. The first-order valence-corrected chi connectivity index (χ1v) is 11.6. The third-order valence-corrected chi connectivity index (χ3v) is 7.10. The Morgan fingerprint density at radius 3 is 2.62 bits per heavy atom. The van der Waals surface area contributed by atoms with E-state index in [1.807, 2.05) is 6.92 Å². The summed E-state index contributed by atoms with van der Waals surface area (Å²) in [5.41, 5.74) is 1.02. The number of para-hydroxylation sites is 1. The Labute approximate surface area is 203 Å². The molecule has 7 nitrogen and oxygen atoms in total. The van der Waals surface area contributed by atoms with Gasteiger partial charge in [0.15, 0.2) is 5.54 Å². The number of rotatable bonds is 5. The molecule has 5 rings (SSSR count). The van der Waals surface area contributed by atoms with Crippen molar-refractivity contribution in [1.29, 1.82) is 0 Å². The van der Waals surface area contributed by atoms with Gasteiger partial charge in [0.2, 0.25) is 0 Å². The lowest BCUT2D eigenvalue weighted by Gasteiger charge is -2.26. The van der Waals surface area contributed by atoms with Gasteiger partial charge in [-0.3, -0.25) is 20.2 Å². The molecule has 3 aromatic carbocycles. The number of carbonyl (C=O) groups is 1. The molecule has 174 valence electrons. The van der Waals surface area contributed by atoms with Gasteiger partial charge in [-0.05, 0) is 48.9 Å². The number of carbonyl (C=O) groups excluding carboxylic acids is 1. The quantitative estimate of drug-likeness (QED) is 0.370. The molecule has 0 saturated carbocycles. The summed E-state index contributed by atoms with van der Waals surface area (Å²) >= 11 is 3.47. The largest absolute Gasteiger partial charge is 0.489 e. The average Bonchev–Trinajstić information content (AvgIpc) is 3.27. The predicted octanol–water partition coefficient (Wildman–Crippen LogP) is 4.74. The molecule has 0 bridgehead atoms. The summed E-state index contributed by atoms with van der Waals surface area (Å²) in [6, 6.07) is 16.7. The van der Waals surface area contributed by atoms with Crippen LogP contribution < -0.4 is 15.4 Å². The van der Waals surface area contributed by atoms with Crippen molar-refractivity contribution in [2.75, 3.05) is 5.32 Å². The van der Waals surface area contributed by atoms with Crippen LogP contribution in [0.5, 0.6) is 5.75 Å². The number of hydrogen-bond acceptors (Lipinski definition) is 5. The molecular weight excluding hydrogens is 505 g/mol. The van der Waals surface area contributed by atoms with Crippen LogP contribution in [0.2, 0.25) is 0 Å². The van der Waals surface area contributed by atoms with E-state index in [1.54, 1.807) is 54.6 Å². The fourth-order valence-electron chi connectivity index (χ4n) is 5.17. The highest BCUT2D eigenvalue weighted by Gasteiger charge is 2.68. The topological polar surface area (TPSA) is 93.5 Å². The number of nitrogens with zero attached hydrogens (tertiary/aromatic N) is 1. The summed E-state index contributed by atoms with van der Waals surface area (Å²) in [6.07, 6.45) is 0. The molecule has 34 heavy (non-hydrogen) atoms. The summed E-state index contributed by atoms with van der Waals surface area (Å²) in [7, 11) is 0. The first-order chi connectivity index (χ1) is 16.3. The van der Waals surface area contributed by atoms with E-state index in [0.29, 0.717) is 22.6 Å². The maximum atomic E-state index is 13.3. The lowest BCUT2D eigenvalue weighted by atomic mass is 9.78. The monoisotopic (exact) mass is 525 g/mol. The minimum atomic E-state index is -1.50. The van der Waals surface area contributed by atoms with Gasteiger partial charge in [-0.1, -0.05) is 46.3 Å². The van der Waals surface area contributed by atoms with Gasteiger partial charge in [0, 0.05) is 32.3 Å². The third kappa shape index (κ3) is 3.56. The van der Waals surface area contributed by atoms with Gasteiger partial charge >= 0.3 is 0 Å². The zero-order valence-electron chi connectivity index (χ0n) is 18.1. The van der Waals surface area contributed by atoms with Crippen LogP contribution in [-0.2, 0) is 16.9 Å². The van der Waals surface area contributed by atoms with Crippen LogP contribution in [0.1, 0.15) is 29.5 Å². The van der Waals surface area contributed by atoms with E-state index >= 15 is 0 Å². The van der Waals surface area contributed by atoms with Crippen molar-refractivity contribution in [2.24, 2.45) is 0 Å². The van der Waals surface area contributed by atoms with E-state index in [-0.39, 0.29) is 17.3 Å². The van der Waals surface area contributed by atoms with Gasteiger partial charge in [-0.25, -0.2) is 4.39 Å². The lowest BCUT2D eigenvalue weighted by molar-refractivity contribution is -0.532. The summed E-state index contributed by atoms with van der Waals surface area (Å²) in [5, 5.41) is 18.6. The Kier molecular flexibility index (Phi) is 5.61. The fraction of sp³-hybridized carbons (Fsp3) is 0.240. The molecular formula is C25H21BrFN3O4. The molecule has 1 spiro atoms. The highest BCUT2D eigenvalue weighted by molar-refractivity contribution is 9.10. The van der Waals surface area contributed by atoms with E-state index in [4.69, 9.17) is 4.74 Å². The predicted molar refractivity (Wildman–Crippen MR) is 128 cm³/mol. The van der Waals surface area contributed by atoms with Gasteiger partial charge in [0.1, 0.15) is 18.2 Å². The first kappa shape index (κ1) is 22.5. The van der Waals surface area contributed by atoms with Gasteiger partial charge < -0.3 is 10.1 Å². The van der Waals surface area contributed by atoms with E-state index < -0.39 is 29.4 Å². The molecule has 0 unspecified atom stereocenters. The second-order valence-electron chi connectivity index (χ2n) is 8.59. The molecule has 2 N–H and O–H groups in total. The van der Waals surface area contributed by atoms with Gasteiger partial charge in [0.25, 0.3) is 11.9 Å². The highest BCUT2D eigenvalue weighted by atomic mass is 79.9. The molecule has 2 aliphatic rings. The van der Waals surface area contributed by atoms with Crippen LogP contribution in [0.3, 0.4) is 0 Å². The molecule has 3 aromatic rings. The molecule has 1 amide bonds. The smallest absolute Gasteiger partial charge is 0.256 e. The zero-order valence-corrected chi connectivity index (χ0v) is 19.7. The van der Waals surface area contributed by atoms with Crippen LogP contribution in [0.15, 0.2) is 71.2 Å². The Hall–Kier alpha value is -3.30. The minimum Gasteiger partial charge on any atom is -0.489 e. The van der Waals surface area contributed by atoms with E-state index in [0.717, 1.165) is 10.0 Å². The van der Waals surface area contributed by atoms with Crippen molar-refractivity contribution in [3.8, 4) is 5.75 Å². The van der Waals surface area contributed by atoms with Crippen molar-refractivity contribution in [2.45, 2.75) is 37.1 Å². The van der Waals surface area contributed by atoms with E-state index in [1.165, 1.54) is 12.1 Å². The lowest BCUT2D eigenvalue weighted by Crippen LogP contribution is -2.54. The minimum absolute atomic E-state index is 0.168. The summed E-state index contributed by atoms with van der Waals surface area (Å²) in [4.78, 5) is 25.4. The van der Waals surface area contributed by atoms with Crippen molar-refractivity contribution in [3.05, 3.63) is 104 Å². The number of ether oxygens (including phenoxy) is 1. The Balaban J connectivity index is 1.57. The van der Waals surface area contributed by atoms with Gasteiger partial charge in [-0.15, -0.1) is 0 Å². The number of nitro groups is 1. The number of nitrogens with one attached hydrogen (secondary N) is 2. The molecule has 0 aliphatic carbocycles. The van der Waals surface area contributed by atoms with Crippen LogP contribution in [0, 0.1) is 15.9 Å². The number of halogens is 2. The van der Waals surface area contributed by atoms with E-state index in [9.17, 15) is 19.3 Å². The van der Waals surface area contributed by atoms with Crippen LogP contribution in [0.25, 0.3) is 0 Å². The maximum Gasteiger partial charge on any atom is 0.256 e. The Morgan fingerprint density at radius 1 is 1.15 bits per heavy atom. The zero-order chi connectivity index (χ0) is 24.0. The van der Waals surface area contributed by atoms with Gasteiger partial charge in [-0.2, -0.15) is 0 Å². The number of hydrogen-bond donors (Lipinski definition) is 2. The molecule has 4 atom stereocenters. The van der Waals surface area contributed by atoms with Crippen LogP contribution in [0.4, 0.5) is 10.1 Å². The molecule has 1 saturated heterocycles. The van der Waals surface area contributed by atoms with Gasteiger partial charge in [0.05, 0.1) is 5.92 Å². The summed E-state index contributed by atoms with van der Waals surface area (Å²) in [6.45, 7) is 2.01. The number of anilines is 1. The maximum absolute atomic E-state index is 13.3. The molecule has 2 aliphatic heterocycles. The molecule has 0 radical (unpaired) electrons. The van der Waals surface area contributed by atoms with Crippen LogP contribution in [-0.4, -0.2) is 22.9 Å². The number of amides is 1. The third-order valence-electron chi connectivity index (χ3n) is 6.60. The Morgan fingerprint density at radius 2 is 1.88 bits per heavy atom. The van der Waals surface area contributed by atoms with Crippen molar-refractivity contribution in [1.82, 2.24) is 5.32 Å². The average molecular weight is 526 g/mol. The molecule has 1 fully saturated rings. The molecule has 9 heteroatoms. The second-order valence-corrected chi connectivity index (χ2v) is 9.51. The standard InChI is InChI=1S/C25H21BrFN3O4/c1-14-22(18-12-16(26)8-11-21(18)34-13-15-6-9-17(27)10-7-15)23(30(32)33)25(29-14)19-4-2-3-5-20(19)28-24(25)31/h2-12,14,22-23,29H,13H2,1H3,(H,28,31)/t14-,22+,23-,25-/m0/s1. The molecule has 0 aromatic heterocycles. The van der Waals surface area contributed by atoms with Crippen molar-refractivity contribution >= 4 is 27.5 Å². The Bertz CT molecular complexity index is 1290. The van der Waals surface area contributed by atoms with Crippen molar-refractivity contribution < 1.29 is 18.8 Å². The number of fused-ring (bicyclic) bond motifs is 2. The summed E-state index contributed by atoms with van der Waals surface area (Å²) in [5.74, 6) is -0.962. The molecule has 2 heterocycles. The second kappa shape index (κ2) is 8.48. The van der Waals surface area contributed by atoms with E-state index in [2.05, 4.69) is 26.6 Å². The van der Waals surface area contributed by atoms with Crippen molar-refractivity contribution in [3.63, 3.8) is 0 Å². The summed E-state index contributed by atoms with van der Waals surface area (Å²) < 4.78 is 20.1. The highest BCUT2D eigenvalue weighted by Crippen LogP contribution is 2.51. The fourth-order valence-corrected chi connectivity index (χ4v) is 5.55. The first-order valence-electron chi connectivity index (χ1n) is 10.8. The van der Waals surface area contributed by atoms with Crippen LogP contribution >= 0.6 is 15.9 Å². The SMILES string of the molecule is C[C@@H]1N[C@]2(C(=O)Nc3ccccc32)[C@@H]([N+](=O)[O-])[C@H]1c1cc(Br)ccc1OCc1ccc(F)cc1. The normalized spacial score (nSPS) is 25.3.